The molecule has 2 aromatic rings. The maximum Gasteiger partial charge on any atom is 0.258 e. The lowest BCUT2D eigenvalue weighted by molar-refractivity contribution is -0.117. The van der Waals surface area contributed by atoms with E-state index in [1.807, 2.05) is 6.07 Å². The fourth-order valence-electron chi connectivity index (χ4n) is 3.26. The van der Waals surface area contributed by atoms with Gasteiger partial charge in [0.1, 0.15) is 23.1 Å². The van der Waals surface area contributed by atoms with Gasteiger partial charge in [-0.3, -0.25) is 14.6 Å². The van der Waals surface area contributed by atoms with Crippen molar-refractivity contribution >= 4 is 28.6 Å². The SMILES string of the molecule is COCCNC(=O)C1=C[C@@](C)(c2cc(CC(=O)c3ccc(C#N)cn3)ccc2F)N=C(N)S1. The number of thioether (sulfide) groups is 1. The first-order chi connectivity index (χ1) is 15.8. The predicted octanol–water partition coefficient (Wildman–Crippen LogP) is 2.44. The first kappa shape index (κ1) is 24.1. The summed E-state index contributed by atoms with van der Waals surface area (Å²) in [5, 5.41) is 11.7. The summed E-state index contributed by atoms with van der Waals surface area (Å²) >= 11 is 0.999. The van der Waals surface area contributed by atoms with Crippen LogP contribution in [-0.2, 0) is 21.5 Å². The van der Waals surface area contributed by atoms with E-state index in [1.165, 1.54) is 37.6 Å². The van der Waals surface area contributed by atoms with Crippen LogP contribution in [0.5, 0.6) is 0 Å². The minimum atomic E-state index is -1.24. The van der Waals surface area contributed by atoms with Gasteiger partial charge in [0.05, 0.1) is 17.1 Å². The van der Waals surface area contributed by atoms with Gasteiger partial charge in [0.25, 0.3) is 5.91 Å². The molecule has 1 atom stereocenters. The summed E-state index contributed by atoms with van der Waals surface area (Å²) in [7, 11) is 1.53. The standard InChI is InChI=1S/C23H22FN5O3S/c1-23(11-20(33-22(26)29-23)21(31)27-7-8-32-2)16-9-14(3-5-17(16)24)10-19(30)18-6-4-15(12-25)13-28-18/h3-6,9,11,13H,7-8,10H2,1-2H3,(H2,26,29)(H,27,31)/t23-/m0/s1. The van der Waals surface area contributed by atoms with Crippen molar-refractivity contribution in [3.05, 3.63) is 75.7 Å². The molecule has 0 radical (unpaired) electrons. The van der Waals surface area contributed by atoms with Crippen LogP contribution in [-0.4, -0.2) is 42.1 Å². The van der Waals surface area contributed by atoms with Crippen molar-refractivity contribution in [3.8, 4) is 6.07 Å². The van der Waals surface area contributed by atoms with Crippen molar-refractivity contribution in [2.45, 2.75) is 18.9 Å². The summed E-state index contributed by atoms with van der Waals surface area (Å²) in [6.45, 7) is 2.31. The number of ketones is 1. The van der Waals surface area contributed by atoms with Gasteiger partial charge in [0.2, 0.25) is 0 Å². The maximum atomic E-state index is 14.9. The number of pyridine rings is 1. The van der Waals surface area contributed by atoms with Crippen LogP contribution in [0.4, 0.5) is 4.39 Å². The Labute approximate surface area is 194 Å². The van der Waals surface area contributed by atoms with Gasteiger partial charge in [0, 0.05) is 31.8 Å². The monoisotopic (exact) mass is 467 g/mol. The number of carbonyl (C=O) groups is 2. The Bertz CT molecular complexity index is 1170. The Hall–Kier alpha value is -3.55. The topological polar surface area (TPSA) is 130 Å². The van der Waals surface area contributed by atoms with E-state index in [0.29, 0.717) is 29.2 Å². The molecule has 33 heavy (non-hydrogen) atoms. The molecule has 1 aliphatic rings. The first-order valence-electron chi connectivity index (χ1n) is 9.97. The molecule has 0 spiro atoms. The van der Waals surface area contributed by atoms with Gasteiger partial charge in [0.15, 0.2) is 11.0 Å². The zero-order valence-electron chi connectivity index (χ0n) is 18.1. The van der Waals surface area contributed by atoms with Crippen molar-refractivity contribution < 1.29 is 18.7 Å². The molecule has 0 fully saturated rings. The van der Waals surface area contributed by atoms with E-state index in [1.54, 1.807) is 19.1 Å². The number of nitriles is 1. The number of nitrogens with two attached hydrogens (primary N) is 1. The van der Waals surface area contributed by atoms with Crippen LogP contribution >= 0.6 is 11.8 Å². The van der Waals surface area contributed by atoms with Crippen LogP contribution in [0.1, 0.15) is 34.1 Å². The number of aromatic nitrogens is 1. The number of hydrogen-bond acceptors (Lipinski definition) is 8. The molecule has 1 aromatic carbocycles. The molecule has 3 N–H and O–H groups in total. The fraction of sp³-hybridized carbons (Fsp3) is 0.261. The Morgan fingerprint density at radius 3 is 2.79 bits per heavy atom. The highest BCUT2D eigenvalue weighted by Crippen LogP contribution is 2.38. The number of carbonyl (C=O) groups excluding carboxylic acids is 2. The molecule has 1 aromatic heterocycles. The predicted molar refractivity (Wildman–Crippen MR) is 123 cm³/mol. The lowest BCUT2D eigenvalue weighted by atomic mass is 9.89. The number of aliphatic imine (C=N–C) groups is 1. The lowest BCUT2D eigenvalue weighted by Gasteiger charge is -2.28. The highest BCUT2D eigenvalue weighted by Gasteiger charge is 2.33. The van der Waals surface area contributed by atoms with Gasteiger partial charge in [-0.05, 0) is 54.6 Å². The van der Waals surface area contributed by atoms with Gasteiger partial charge in [-0.15, -0.1) is 0 Å². The number of rotatable bonds is 8. The number of Topliss-reactive ketones (excluding diaryl/α,β-unsaturated/α-hetero) is 1. The second kappa shape index (κ2) is 10.4. The number of benzene rings is 1. The highest BCUT2D eigenvalue weighted by atomic mass is 32.2. The second-order valence-corrected chi connectivity index (χ2v) is 8.48. The molecule has 3 rings (SSSR count). The molecule has 0 unspecified atom stereocenters. The molecule has 0 aliphatic carbocycles. The van der Waals surface area contributed by atoms with E-state index in [-0.39, 0.29) is 34.5 Å². The van der Waals surface area contributed by atoms with Crippen LogP contribution in [0.15, 0.2) is 52.5 Å². The number of ether oxygens (including phenoxy) is 1. The molecule has 1 aliphatic heterocycles. The van der Waals surface area contributed by atoms with E-state index in [4.69, 9.17) is 15.7 Å². The molecule has 1 amide bonds. The second-order valence-electron chi connectivity index (χ2n) is 7.41. The van der Waals surface area contributed by atoms with E-state index >= 15 is 0 Å². The van der Waals surface area contributed by atoms with Crippen LogP contribution < -0.4 is 11.1 Å². The molecular weight excluding hydrogens is 445 g/mol. The normalized spacial score (nSPS) is 17.5. The third-order valence-electron chi connectivity index (χ3n) is 4.90. The van der Waals surface area contributed by atoms with Crippen LogP contribution in [0.2, 0.25) is 0 Å². The molecule has 2 heterocycles. The zero-order valence-corrected chi connectivity index (χ0v) is 18.9. The molecular formula is C23H22FN5O3S. The Morgan fingerprint density at radius 2 is 2.12 bits per heavy atom. The number of halogens is 1. The number of nitrogens with zero attached hydrogens (tertiary/aromatic N) is 3. The summed E-state index contributed by atoms with van der Waals surface area (Å²) in [6, 6.07) is 9.25. The molecule has 170 valence electrons. The zero-order chi connectivity index (χ0) is 24.0. The third kappa shape index (κ3) is 5.83. The van der Waals surface area contributed by atoms with Gasteiger partial charge in [-0.1, -0.05) is 6.07 Å². The van der Waals surface area contributed by atoms with Gasteiger partial charge in [-0.2, -0.15) is 5.26 Å². The van der Waals surface area contributed by atoms with E-state index in [2.05, 4.69) is 15.3 Å². The number of methoxy groups -OCH3 is 1. The van der Waals surface area contributed by atoms with Crippen molar-refractivity contribution in [3.63, 3.8) is 0 Å². The molecule has 8 nitrogen and oxygen atoms in total. The molecule has 0 saturated heterocycles. The van der Waals surface area contributed by atoms with Gasteiger partial charge >= 0.3 is 0 Å². The first-order valence-corrected chi connectivity index (χ1v) is 10.8. The summed E-state index contributed by atoms with van der Waals surface area (Å²) in [4.78, 5) is 33.8. The largest absolute Gasteiger partial charge is 0.383 e. The van der Waals surface area contributed by atoms with Crippen molar-refractivity contribution in [2.75, 3.05) is 20.3 Å². The molecule has 10 heteroatoms. The molecule has 0 saturated carbocycles. The highest BCUT2D eigenvalue weighted by molar-refractivity contribution is 8.17. The quantitative estimate of drug-likeness (QED) is 0.450. The van der Waals surface area contributed by atoms with Crippen molar-refractivity contribution in [1.29, 1.82) is 5.26 Å². The van der Waals surface area contributed by atoms with E-state index in [0.717, 1.165) is 11.8 Å². The van der Waals surface area contributed by atoms with Crippen LogP contribution in [0.25, 0.3) is 0 Å². The number of hydrogen-bond donors (Lipinski definition) is 2. The van der Waals surface area contributed by atoms with Crippen molar-refractivity contribution in [1.82, 2.24) is 10.3 Å². The van der Waals surface area contributed by atoms with Crippen LogP contribution in [0, 0.1) is 17.1 Å². The summed E-state index contributed by atoms with van der Waals surface area (Å²) in [5.74, 6) is -1.18. The smallest absolute Gasteiger partial charge is 0.258 e. The van der Waals surface area contributed by atoms with E-state index < -0.39 is 11.4 Å². The fourth-order valence-corrected chi connectivity index (χ4v) is 4.17. The average Bonchev–Trinajstić information content (AvgIpc) is 2.79. The summed E-state index contributed by atoms with van der Waals surface area (Å²) in [6.07, 6.45) is 2.86. The van der Waals surface area contributed by atoms with Crippen LogP contribution in [0.3, 0.4) is 0 Å². The Kier molecular flexibility index (Phi) is 7.58. The number of nitrogens with one attached hydrogen (secondary N) is 1. The summed E-state index contributed by atoms with van der Waals surface area (Å²) < 4.78 is 19.8. The molecule has 0 bridgehead atoms. The van der Waals surface area contributed by atoms with Gasteiger partial charge in [-0.25, -0.2) is 9.38 Å². The average molecular weight is 468 g/mol. The third-order valence-corrected chi connectivity index (χ3v) is 5.73. The lowest BCUT2D eigenvalue weighted by Crippen LogP contribution is -2.33. The number of amides is 1. The van der Waals surface area contributed by atoms with Gasteiger partial charge < -0.3 is 15.8 Å². The number of amidine groups is 1. The minimum Gasteiger partial charge on any atom is -0.383 e. The maximum absolute atomic E-state index is 14.9. The Morgan fingerprint density at radius 1 is 1.33 bits per heavy atom. The minimum absolute atomic E-state index is 0.0235. The summed E-state index contributed by atoms with van der Waals surface area (Å²) in [5.41, 5.74) is 6.02. The van der Waals surface area contributed by atoms with Crippen molar-refractivity contribution in [2.24, 2.45) is 10.7 Å². The Balaban J connectivity index is 1.87. The van der Waals surface area contributed by atoms with E-state index in [9.17, 15) is 14.0 Å².